The third kappa shape index (κ3) is 3.46. The minimum absolute atomic E-state index is 0.0812. The lowest BCUT2D eigenvalue weighted by molar-refractivity contribution is -0.152. The topological polar surface area (TPSA) is 57.6 Å². The molecule has 2 heterocycles. The fraction of sp³-hybridized carbons (Fsp3) is 0.625. The summed E-state index contributed by atoms with van der Waals surface area (Å²) in [7, 11) is 0. The molecule has 0 saturated carbocycles. The van der Waals surface area contributed by atoms with Crippen molar-refractivity contribution in [3.8, 4) is 0 Å². The van der Waals surface area contributed by atoms with Crippen LogP contribution in [0.1, 0.15) is 49.4 Å². The van der Waals surface area contributed by atoms with Gasteiger partial charge in [-0.05, 0) is 30.9 Å². The number of carboxylic acids is 1. The highest BCUT2D eigenvalue weighted by Crippen LogP contribution is 2.40. The number of likely N-dealkylation sites (tertiary alicyclic amines) is 1. The van der Waals surface area contributed by atoms with E-state index in [1.807, 2.05) is 12.1 Å². The van der Waals surface area contributed by atoms with Crippen LogP contribution in [0.2, 0.25) is 0 Å². The summed E-state index contributed by atoms with van der Waals surface area (Å²) in [6.45, 7) is 6.82. The molecule has 1 N–H and O–H groups in total. The maximum Gasteiger partial charge on any atom is 0.308 e. The van der Waals surface area contributed by atoms with Crippen molar-refractivity contribution in [2.45, 2.75) is 46.1 Å². The number of thiophene rings is 1. The second kappa shape index (κ2) is 6.60. The van der Waals surface area contributed by atoms with Gasteiger partial charge in [0, 0.05) is 22.7 Å². The zero-order valence-electron chi connectivity index (χ0n) is 12.8. The zero-order chi connectivity index (χ0) is 15.6. The van der Waals surface area contributed by atoms with Gasteiger partial charge in [0.25, 0.3) is 0 Å². The molecular weight excluding hydrogens is 286 g/mol. The molecule has 1 aromatic heterocycles. The van der Waals surface area contributed by atoms with Gasteiger partial charge in [0.2, 0.25) is 5.91 Å². The van der Waals surface area contributed by atoms with Gasteiger partial charge in [-0.1, -0.05) is 20.8 Å². The maximum atomic E-state index is 12.3. The lowest BCUT2D eigenvalue weighted by atomic mass is 9.87. The van der Waals surface area contributed by atoms with E-state index < -0.39 is 11.9 Å². The van der Waals surface area contributed by atoms with Crippen LogP contribution in [-0.4, -0.2) is 28.4 Å². The third-order valence-electron chi connectivity index (χ3n) is 3.91. The van der Waals surface area contributed by atoms with Crippen LogP contribution in [0, 0.1) is 11.8 Å². The van der Waals surface area contributed by atoms with Gasteiger partial charge in [-0.2, -0.15) is 0 Å². The number of hydrogen-bond acceptors (Lipinski definition) is 3. The fourth-order valence-electron chi connectivity index (χ4n) is 2.92. The summed E-state index contributed by atoms with van der Waals surface area (Å²) in [5.41, 5.74) is 0. The highest BCUT2D eigenvalue weighted by Gasteiger charge is 2.41. The number of carbonyl (C=O) groups excluding carboxylic acids is 1. The smallest absolute Gasteiger partial charge is 0.308 e. The van der Waals surface area contributed by atoms with E-state index in [1.54, 1.807) is 16.2 Å². The van der Waals surface area contributed by atoms with Crippen molar-refractivity contribution in [1.82, 2.24) is 4.90 Å². The highest BCUT2D eigenvalue weighted by atomic mass is 32.1. The van der Waals surface area contributed by atoms with E-state index >= 15 is 0 Å². The predicted octanol–water partition coefficient (Wildman–Crippen LogP) is 3.33. The molecule has 0 aliphatic carbocycles. The molecule has 2 unspecified atom stereocenters. The maximum absolute atomic E-state index is 12.3. The minimum Gasteiger partial charge on any atom is -0.481 e. The van der Waals surface area contributed by atoms with Crippen LogP contribution in [0.25, 0.3) is 0 Å². The lowest BCUT2D eigenvalue weighted by Gasteiger charge is -2.40. The molecule has 2 atom stereocenters. The number of piperidine rings is 1. The van der Waals surface area contributed by atoms with Crippen LogP contribution in [0.5, 0.6) is 0 Å². The zero-order valence-corrected chi connectivity index (χ0v) is 13.7. The molecule has 1 amide bonds. The number of hydrogen-bond donors (Lipinski definition) is 1. The first-order chi connectivity index (χ1) is 9.93. The average Bonchev–Trinajstić information content (AvgIpc) is 2.88. The molecule has 21 heavy (non-hydrogen) atoms. The SMILES string of the molecule is CCc1ccc(C2C(C(=O)O)CCC(=O)N2CC(C)C)s1. The van der Waals surface area contributed by atoms with E-state index in [4.69, 9.17) is 0 Å². The van der Waals surface area contributed by atoms with E-state index in [-0.39, 0.29) is 11.9 Å². The summed E-state index contributed by atoms with van der Waals surface area (Å²) >= 11 is 1.64. The molecule has 5 heteroatoms. The van der Waals surface area contributed by atoms with E-state index in [2.05, 4.69) is 20.8 Å². The van der Waals surface area contributed by atoms with Crippen LogP contribution in [-0.2, 0) is 16.0 Å². The Morgan fingerprint density at radius 2 is 2.19 bits per heavy atom. The minimum atomic E-state index is -0.798. The quantitative estimate of drug-likeness (QED) is 0.907. The average molecular weight is 309 g/mol. The number of amides is 1. The van der Waals surface area contributed by atoms with E-state index in [1.165, 1.54) is 4.88 Å². The number of nitrogens with zero attached hydrogens (tertiary/aromatic N) is 1. The summed E-state index contributed by atoms with van der Waals surface area (Å²) in [5.74, 6) is -0.884. The molecule has 1 fully saturated rings. The number of carbonyl (C=O) groups is 2. The molecule has 1 saturated heterocycles. The van der Waals surface area contributed by atoms with Crippen molar-refractivity contribution < 1.29 is 14.7 Å². The van der Waals surface area contributed by atoms with Crippen LogP contribution >= 0.6 is 11.3 Å². The Balaban J connectivity index is 2.38. The Morgan fingerprint density at radius 3 is 2.71 bits per heavy atom. The predicted molar refractivity (Wildman–Crippen MR) is 83.3 cm³/mol. The lowest BCUT2D eigenvalue weighted by Crippen LogP contribution is -2.46. The second-order valence-corrected chi connectivity index (χ2v) is 7.23. The Hall–Kier alpha value is -1.36. The van der Waals surface area contributed by atoms with Crippen molar-refractivity contribution in [3.63, 3.8) is 0 Å². The van der Waals surface area contributed by atoms with Crippen LogP contribution in [0.15, 0.2) is 12.1 Å². The van der Waals surface area contributed by atoms with E-state index in [9.17, 15) is 14.7 Å². The molecule has 0 aromatic carbocycles. The summed E-state index contributed by atoms with van der Waals surface area (Å²) < 4.78 is 0. The van der Waals surface area contributed by atoms with Gasteiger partial charge in [-0.15, -0.1) is 11.3 Å². The Morgan fingerprint density at radius 1 is 1.48 bits per heavy atom. The van der Waals surface area contributed by atoms with E-state index in [0.29, 0.717) is 25.3 Å². The first-order valence-electron chi connectivity index (χ1n) is 7.54. The molecule has 4 nitrogen and oxygen atoms in total. The van der Waals surface area contributed by atoms with Crippen molar-refractivity contribution >= 4 is 23.2 Å². The van der Waals surface area contributed by atoms with Crippen LogP contribution < -0.4 is 0 Å². The van der Waals surface area contributed by atoms with Gasteiger partial charge >= 0.3 is 5.97 Å². The normalized spacial score (nSPS) is 22.9. The van der Waals surface area contributed by atoms with Gasteiger partial charge in [0.05, 0.1) is 12.0 Å². The Kier molecular flexibility index (Phi) is 5.04. The Labute approximate surface area is 129 Å². The molecule has 0 radical (unpaired) electrons. The number of aliphatic carboxylic acids is 1. The monoisotopic (exact) mass is 309 g/mol. The summed E-state index contributed by atoms with van der Waals surface area (Å²) in [6.07, 6.45) is 1.71. The standard InChI is InChI=1S/C16H23NO3S/c1-4-11-5-7-13(21-11)15-12(16(19)20)6-8-14(18)17(15)9-10(2)3/h5,7,10,12,15H,4,6,8-9H2,1-3H3,(H,19,20). The Bertz CT molecular complexity index is 523. The molecular formula is C16H23NO3S. The van der Waals surface area contributed by atoms with Gasteiger partial charge < -0.3 is 10.0 Å². The summed E-state index contributed by atoms with van der Waals surface area (Å²) in [5, 5.41) is 9.54. The number of aryl methyl sites for hydroxylation is 1. The van der Waals surface area contributed by atoms with Gasteiger partial charge in [0.15, 0.2) is 0 Å². The third-order valence-corrected chi connectivity index (χ3v) is 5.21. The first kappa shape index (κ1) is 16.0. The van der Waals surface area contributed by atoms with Crippen molar-refractivity contribution in [3.05, 3.63) is 21.9 Å². The summed E-state index contributed by atoms with van der Waals surface area (Å²) in [6, 6.07) is 3.73. The second-order valence-electron chi connectivity index (χ2n) is 6.03. The van der Waals surface area contributed by atoms with Gasteiger partial charge in [-0.3, -0.25) is 9.59 Å². The van der Waals surface area contributed by atoms with Gasteiger partial charge in [0.1, 0.15) is 0 Å². The molecule has 0 spiro atoms. The first-order valence-corrected chi connectivity index (χ1v) is 8.36. The van der Waals surface area contributed by atoms with Gasteiger partial charge in [-0.25, -0.2) is 0 Å². The number of carboxylic acid groups (broad SMARTS) is 1. The molecule has 1 aromatic rings. The van der Waals surface area contributed by atoms with E-state index in [0.717, 1.165) is 11.3 Å². The largest absolute Gasteiger partial charge is 0.481 e. The highest BCUT2D eigenvalue weighted by molar-refractivity contribution is 7.12. The number of rotatable bonds is 5. The van der Waals surface area contributed by atoms with Crippen molar-refractivity contribution in [2.24, 2.45) is 11.8 Å². The molecule has 0 bridgehead atoms. The molecule has 2 rings (SSSR count). The molecule has 1 aliphatic heterocycles. The fourth-order valence-corrected chi connectivity index (χ4v) is 4.05. The summed E-state index contributed by atoms with van der Waals surface area (Å²) in [4.78, 5) is 27.9. The molecule has 116 valence electrons. The van der Waals surface area contributed by atoms with Crippen LogP contribution in [0.3, 0.4) is 0 Å². The van der Waals surface area contributed by atoms with Crippen molar-refractivity contribution in [1.29, 1.82) is 0 Å². The van der Waals surface area contributed by atoms with Crippen molar-refractivity contribution in [2.75, 3.05) is 6.54 Å². The molecule has 1 aliphatic rings. The van der Waals surface area contributed by atoms with Crippen LogP contribution in [0.4, 0.5) is 0 Å².